The first-order valence-electron chi connectivity index (χ1n) is 8.99. The van der Waals surface area contributed by atoms with E-state index in [-0.39, 0.29) is 18.3 Å². The summed E-state index contributed by atoms with van der Waals surface area (Å²) in [5.41, 5.74) is 5.05. The summed E-state index contributed by atoms with van der Waals surface area (Å²) in [6, 6.07) is 12.9. The molecule has 0 saturated heterocycles. The van der Waals surface area contributed by atoms with Crippen molar-refractivity contribution in [1.82, 2.24) is 10.6 Å². The highest BCUT2D eigenvalue weighted by Gasteiger charge is 2.28. The third kappa shape index (κ3) is 4.97. The molecule has 0 unspecified atom stereocenters. The SMILES string of the molecule is CNC(=O)CCc1ccc2c(c1)[C@@H](NC)CC[C@H]2c1ccc(Cl)c(Cl)c1.Cl. The highest BCUT2D eigenvalue weighted by atomic mass is 35.5. The second-order valence-corrected chi connectivity index (χ2v) is 7.60. The third-order valence-corrected chi connectivity index (χ3v) is 6.00. The molecule has 2 aromatic carbocycles. The van der Waals surface area contributed by atoms with Crippen molar-refractivity contribution in [2.75, 3.05) is 14.1 Å². The zero-order chi connectivity index (χ0) is 18.7. The lowest BCUT2D eigenvalue weighted by atomic mass is 9.76. The Balaban J connectivity index is 0.00000261. The molecular formula is C21H25Cl3N2O. The van der Waals surface area contributed by atoms with Crippen LogP contribution in [0, 0.1) is 0 Å². The van der Waals surface area contributed by atoms with Crippen LogP contribution in [0.3, 0.4) is 0 Å². The molecule has 0 fully saturated rings. The summed E-state index contributed by atoms with van der Waals surface area (Å²) in [6.07, 6.45) is 3.39. The third-order valence-electron chi connectivity index (χ3n) is 5.26. The average molecular weight is 428 g/mol. The predicted molar refractivity (Wildman–Crippen MR) is 115 cm³/mol. The van der Waals surface area contributed by atoms with E-state index in [1.165, 1.54) is 22.3 Å². The molecular weight excluding hydrogens is 403 g/mol. The maximum atomic E-state index is 11.5. The summed E-state index contributed by atoms with van der Waals surface area (Å²) in [5, 5.41) is 7.30. The van der Waals surface area contributed by atoms with Crippen LogP contribution in [0.4, 0.5) is 0 Å². The number of aryl methyl sites for hydroxylation is 1. The molecule has 3 rings (SSSR count). The molecule has 6 heteroatoms. The molecule has 0 spiro atoms. The van der Waals surface area contributed by atoms with E-state index in [0.29, 0.717) is 28.4 Å². The molecule has 1 aliphatic rings. The van der Waals surface area contributed by atoms with Crippen molar-refractivity contribution in [2.24, 2.45) is 0 Å². The zero-order valence-corrected chi connectivity index (χ0v) is 17.8. The fourth-order valence-electron chi connectivity index (χ4n) is 3.80. The molecule has 1 aliphatic carbocycles. The van der Waals surface area contributed by atoms with Crippen LogP contribution in [-0.4, -0.2) is 20.0 Å². The largest absolute Gasteiger partial charge is 0.359 e. The van der Waals surface area contributed by atoms with E-state index in [1.54, 1.807) is 7.05 Å². The summed E-state index contributed by atoms with van der Waals surface area (Å²) >= 11 is 12.3. The summed E-state index contributed by atoms with van der Waals surface area (Å²) in [6.45, 7) is 0. The summed E-state index contributed by atoms with van der Waals surface area (Å²) in [4.78, 5) is 11.5. The van der Waals surface area contributed by atoms with E-state index < -0.39 is 0 Å². The smallest absolute Gasteiger partial charge is 0.220 e. The number of carbonyl (C=O) groups excluding carboxylic acids is 1. The first-order valence-corrected chi connectivity index (χ1v) is 9.74. The minimum atomic E-state index is 0. The van der Waals surface area contributed by atoms with Gasteiger partial charge in [-0.3, -0.25) is 4.79 Å². The second kappa shape index (κ2) is 9.79. The van der Waals surface area contributed by atoms with Gasteiger partial charge >= 0.3 is 0 Å². The Morgan fingerprint density at radius 1 is 1.04 bits per heavy atom. The molecule has 0 bridgehead atoms. The predicted octanol–water partition coefficient (Wildman–Crippen LogP) is 5.28. The van der Waals surface area contributed by atoms with E-state index in [4.69, 9.17) is 23.2 Å². The molecule has 0 radical (unpaired) electrons. The standard InChI is InChI=1S/C21H24Cl2N2O.ClH/c1-24-20-9-7-15(14-5-8-18(22)19(23)12-14)16-6-3-13(11-17(16)20)4-10-21(26)25-2;/h3,5-6,8,11-12,15,20,24H,4,7,9-10H2,1-2H3,(H,25,26);1H/t15-,20-;/m0./s1. The van der Waals surface area contributed by atoms with Gasteiger partial charge in [0.05, 0.1) is 10.0 Å². The zero-order valence-electron chi connectivity index (χ0n) is 15.5. The molecule has 0 saturated carbocycles. The first kappa shape index (κ1) is 22.0. The molecule has 1 amide bonds. The van der Waals surface area contributed by atoms with Gasteiger partial charge in [0, 0.05) is 25.4 Å². The van der Waals surface area contributed by atoms with Crippen molar-refractivity contribution >= 4 is 41.5 Å². The Morgan fingerprint density at radius 2 is 1.81 bits per heavy atom. The summed E-state index contributed by atoms with van der Waals surface area (Å²) in [5.74, 6) is 0.388. The van der Waals surface area contributed by atoms with E-state index in [2.05, 4.69) is 34.9 Å². The first-order chi connectivity index (χ1) is 12.5. The van der Waals surface area contributed by atoms with Crippen molar-refractivity contribution in [3.63, 3.8) is 0 Å². The quantitative estimate of drug-likeness (QED) is 0.681. The van der Waals surface area contributed by atoms with Crippen LogP contribution >= 0.6 is 35.6 Å². The Labute approximate surface area is 177 Å². The molecule has 27 heavy (non-hydrogen) atoms. The normalized spacial score (nSPS) is 18.4. The second-order valence-electron chi connectivity index (χ2n) is 6.78. The number of benzene rings is 2. The number of rotatable bonds is 5. The van der Waals surface area contributed by atoms with Gasteiger partial charge < -0.3 is 10.6 Å². The monoisotopic (exact) mass is 426 g/mol. The fourth-order valence-corrected chi connectivity index (χ4v) is 4.11. The van der Waals surface area contributed by atoms with Crippen molar-refractivity contribution in [2.45, 2.75) is 37.6 Å². The van der Waals surface area contributed by atoms with Gasteiger partial charge in [0.2, 0.25) is 5.91 Å². The summed E-state index contributed by atoms with van der Waals surface area (Å²) < 4.78 is 0. The molecule has 0 heterocycles. The van der Waals surface area contributed by atoms with Crippen LogP contribution in [0.5, 0.6) is 0 Å². The highest BCUT2D eigenvalue weighted by Crippen LogP contribution is 2.42. The molecule has 2 atom stereocenters. The molecule has 146 valence electrons. The van der Waals surface area contributed by atoms with Gasteiger partial charge in [0.15, 0.2) is 0 Å². The van der Waals surface area contributed by atoms with Crippen LogP contribution in [0.1, 0.15) is 53.5 Å². The van der Waals surface area contributed by atoms with Crippen molar-refractivity contribution in [3.8, 4) is 0 Å². The molecule has 0 aromatic heterocycles. The van der Waals surface area contributed by atoms with Gasteiger partial charge in [-0.2, -0.15) is 0 Å². The van der Waals surface area contributed by atoms with E-state index in [1.807, 2.05) is 19.2 Å². The topological polar surface area (TPSA) is 41.1 Å². The fraction of sp³-hybridized carbons (Fsp3) is 0.381. The van der Waals surface area contributed by atoms with Crippen molar-refractivity contribution < 1.29 is 4.79 Å². The molecule has 3 nitrogen and oxygen atoms in total. The van der Waals surface area contributed by atoms with Gasteiger partial charge in [-0.15, -0.1) is 12.4 Å². The molecule has 2 aromatic rings. The van der Waals surface area contributed by atoms with E-state index >= 15 is 0 Å². The lowest BCUT2D eigenvalue weighted by molar-refractivity contribution is -0.120. The Hall–Kier alpha value is -1.26. The van der Waals surface area contributed by atoms with E-state index in [9.17, 15) is 4.79 Å². The number of carbonyl (C=O) groups is 1. The number of halogens is 3. The van der Waals surface area contributed by atoms with Gasteiger partial charge in [0.25, 0.3) is 0 Å². The average Bonchev–Trinajstić information content (AvgIpc) is 2.67. The van der Waals surface area contributed by atoms with Crippen molar-refractivity contribution in [3.05, 3.63) is 68.7 Å². The van der Waals surface area contributed by atoms with Crippen LogP contribution in [0.15, 0.2) is 36.4 Å². The van der Waals surface area contributed by atoms with Crippen LogP contribution < -0.4 is 10.6 Å². The van der Waals surface area contributed by atoms with Gasteiger partial charge in [0.1, 0.15) is 0 Å². The Kier molecular flexibility index (Phi) is 7.99. The maximum Gasteiger partial charge on any atom is 0.220 e. The number of hydrogen-bond acceptors (Lipinski definition) is 2. The minimum absolute atomic E-state index is 0. The van der Waals surface area contributed by atoms with Gasteiger partial charge in [-0.1, -0.05) is 47.5 Å². The van der Waals surface area contributed by atoms with Gasteiger partial charge in [-0.05, 0) is 60.7 Å². The minimum Gasteiger partial charge on any atom is -0.359 e. The molecule has 2 N–H and O–H groups in total. The molecule has 0 aliphatic heterocycles. The van der Waals surface area contributed by atoms with Crippen LogP contribution in [0.2, 0.25) is 10.0 Å². The number of amides is 1. The van der Waals surface area contributed by atoms with Crippen LogP contribution in [-0.2, 0) is 11.2 Å². The highest BCUT2D eigenvalue weighted by molar-refractivity contribution is 6.42. The maximum absolute atomic E-state index is 11.5. The van der Waals surface area contributed by atoms with Gasteiger partial charge in [-0.25, -0.2) is 0 Å². The van der Waals surface area contributed by atoms with Crippen molar-refractivity contribution in [1.29, 1.82) is 0 Å². The summed E-state index contributed by atoms with van der Waals surface area (Å²) in [7, 11) is 3.68. The number of fused-ring (bicyclic) bond motifs is 1. The number of hydrogen-bond donors (Lipinski definition) is 2. The Morgan fingerprint density at radius 3 is 2.48 bits per heavy atom. The van der Waals surface area contributed by atoms with E-state index in [0.717, 1.165) is 19.3 Å². The Bertz CT molecular complexity index is 810. The lowest BCUT2D eigenvalue weighted by Gasteiger charge is -2.32. The lowest BCUT2D eigenvalue weighted by Crippen LogP contribution is -2.24. The number of nitrogens with one attached hydrogen (secondary N) is 2. The van der Waals surface area contributed by atoms with Crippen LogP contribution in [0.25, 0.3) is 0 Å².